The SMILES string of the molecule is CNCC1CCCN1C(=O)c1ccc(Br)cc1C(F)(F)F. The fraction of sp³-hybridized carbons (Fsp3) is 0.500. The summed E-state index contributed by atoms with van der Waals surface area (Å²) in [5, 5.41) is 2.98. The molecule has 0 saturated carbocycles. The van der Waals surface area contributed by atoms with Gasteiger partial charge in [0.1, 0.15) is 0 Å². The molecule has 0 spiro atoms. The second-order valence-corrected chi connectivity index (χ2v) is 5.96. The van der Waals surface area contributed by atoms with Gasteiger partial charge in [-0.2, -0.15) is 13.2 Å². The van der Waals surface area contributed by atoms with Gasteiger partial charge in [0.05, 0.1) is 11.1 Å². The minimum absolute atomic E-state index is 0.0489. The number of halogens is 4. The Morgan fingerprint density at radius 3 is 2.81 bits per heavy atom. The maximum Gasteiger partial charge on any atom is 0.417 e. The van der Waals surface area contributed by atoms with Gasteiger partial charge in [0.15, 0.2) is 0 Å². The van der Waals surface area contributed by atoms with E-state index in [0.29, 0.717) is 17.6 Å². The van der Waals surface area contributed by atoms with E-state index >= 15 is 0 Å². The Morgan fingerprint density at radius 1 is 1.48 bits per heavy atom. The molecular weight excluding hydrogens is 349 g/mol. The third-order valence-corrected chi connectivity index (χ3v) is 4.09. The maximum absolute atomic E-state index is 13.1. The zero-order chi connectivity index (χ0) is 15.6. The van der Waals surface area contributed by atoms with Crippen LogP contribution in [0.4, 0.5) is 13.2 Å². The van der Waals surface area contributed by atoms with Gasteiger partial charge in [-0.1, -0.05) is 15.9 Å². The lowest BCUT2D eigenvalue weighted by molar-refractivity contribution is -0.138. The second-order valence-electron chi connectivity index (χ2n) is 5.04. The number of rotatable bonds is 3. The van der Waals surface area contributed by atoms with Gasteiger partial charge >= 0.3 is 6.18 Å². The number of hydrogen-bond acceptors (Lipinski definition) is 2. The molecule has 1 aromatic carbocycles. The number of likely N-dealkylation sites (N-methyl/N-ethyl adjacent to an activating group) is 1. The zero-order valence-electron chi connectivity index (χ0n) is 11.5. The number of carbonyl (C=O) groups is 1. The molecule has 1 fully saturated rings. The van der Waals surface area contributed by atoms with Gasteiger partial charge in [-0.15, -0.1) is 0 Å². The predicted molar refractivity (Wildman–Crippen MR) is 77.1 cm³/mol. The molecule has 0 bridgehead atoms. The highest BCUT2D eigenvalue weighted by Gasteiger charge is 2.38. The first-order chi connectivity index (χ1) is 9.84. The smallest absolute Gasteiger partial charge is 0.334 e. The number of carbonyl (C=O) groups excluding carboxylic acids is 1. The van der Waals surface area contributed by atoms with Gasteiger partial charge < -0.3 is 10.2 Å². The summed E-state index contributed by atoms with van der Waals surface area (Å²) in [7, 11) is 1.77. The van der Waals surface area contributed by atoms with Crippen molar-refractivity contribution >= 4 is 21.8 Å². The van der Waals surface area contributed by atoms with Gasteiger partial charge in [-0.25, -0.2) is 0 Å². The molecule has 1 aliphatic rings. The van der Waals surface area contributed by atoms with Crippen molar-refractivity contribution < 1.29 is 18.0 Å². The van der Waals surface area contributed by atoms with Crippen molar-refractivity contribution in [2.24, 2.45) is 0 Å². The standard InChI is InChI=1S/C14H16BrF3N2O/c1-19-8-10-3-2-6-20(10)13(21)11-5-4-9(15)7-12(11)14(16,17)18/h4-5,7,10,19H,2-3,6,8H2,1H3. The molecule has 0 radical (unpaired) electrons. The van der Waals surface area contributed by atoms with Crippen LogP contribution in [0.1, 0.15) is 28.8 Å². The van der Waals surface area contributed by atoms with Crippen LogP contribution in [0.3, 0.4) is 0 Å². The molecule has 1 heterocycles. The minimum atomic E-state index is -4.55. The zero-order valence-corrected chi connectivity index (χ0v) is 13.1. The fourth-order valence-electron chi connectivity index (χ4n) is 2.64. The summed E-state index contributed by atoms with van der Waals surface area (Å²) in [6, 6.07) is 3.61. The molecule has 2 rings (SSSR count). The number of amides is 1. The van der Waals surface area contributed by atoms with Crippen LogP contribution in [0.15, 0.2) is 22.7 Å². The Labute approximate surface area is 129 Å². The Morgan fingerprint density at radius 2 is 2.19 bits per heavy atom. The highest BCUT2D eigenvalue weighted by atomic mass is 79.9. The summed E-state index contributed by atoms with van der Waals surface area (Å²) >= 11 is 3.02. The summed E-state index contributed by atoms with van der Waals surface area (Å²) in [5.74, 6) is -0.549. The molecule has 0 aliphatic carbocycles. The van der Waals surface area contributed by atoms with Crippen LogP contribution >= 0.6 is 15.9 Å². The van der Waals surface area contributed by atoms with Crippen LogP contribution in [0.2, 0.25) is 0 Å². The third-order valence-electron chi connectivity index (χ3n) is 3.60. The Hall–Kier alpha value is -1.08. The van der Waals surface area contributed by atoms with E-state index in [1.165, 1.54) is 17.0 Å². The quantitative estimate of drug-likeness (QED) is 0.892. The van der Waals surface area contributed by atoms with E-state index in [-0.39, 0.29) is 11.6 Å². The van der Waals surface area contributed by atoms with Crippen LogP contribution < -0.4 is 5.32 Å². The lowest BCUT2D eigenvalue weighted by Crippen LogP contribution is -2.41. The average molecular weight is 365 g/mol. The van der Waals surface area contributed by atoms with Crippen molar-refractivity contribution in [3.63, 3.8) is 0 Å². The molecule has 1 N–H and O–H groups in total. The number of likely N-dealkylation sites (tertiary alicyclic amines) is 1. The highest BCUT2D eigenvalue weighted by Crippen LogP contribution is 2.35. The molecule has 21 heavy (non-hydrogen) atoms. The van der Waals surface area contributed by atoms with Crippen molar-refractivity contribution in [3.8, 4) is 0 Å². The number of hydrogen-bond donors (Lipinski definition) is 1. The molecule has 1 aliphatic heterocycles. The van der Waals surface area contributed by atoms with Crippen molar-refractivity contribution in [3.05, 3.63) is 33.8 Å². The summed E-state index contributed by atoms with van der Waals surface area (Å²) in [6.45, 7) is 1.09. The number of benzene rings is 1. The van der Waals surface area contributed by atoms with Crippen molar-refractivity contribution in [1.29, 1.82) is 0 Å². The van der Waals surface area contributed by atoms with Crippen LogP contribution in [0, 0.1) is 0 Å². The van der Waals surface area contributed by atoms with Crippen LogP contribution in [-0.4, -0.2) is 37.0 Å². The van der Waals surface area contributed by atoms with E-state index in [9.17, 15) is 18.0 Å². The van der Waals surface area contributed by atoms with Gasteiger partial charge in [0, 0.05) is 23.6 Å². The number of nitrogens with one attached hydrogen (secondary N) is 1. The monoisotopic (exact) mass is 364 g/mol. The summed E-state index contributed by atoms with van der Waals surface area (Å²) in [4.78, 5) is 14.0. The molecule has 116 valence electrons. The summed E-state index contributed by atoms with van der Waals surface area (Å²) in [5.41, 5.74) is -1.18. The molecule has 1 saturated heterocycles. The van der Waals surface area contributed by atoms with E-state index in [1.54, 1.807) is 7.05 Å². The van der Waals surface area contributed by atoms with Gasteiger partial charge in [0.25, 0.3) is 5.91 Å². The average Bonchev–Trinajstić information content (AvgIpc) is 2.85. The van der Waals surface area contributed by atoms with E-state index in [4.69, 9.17) is 0 Å². The first-order valence-electron chi connectivity index (χ1n) is 6.67. The van der Waals surface area contributed by atoms with E-state index < -0.39 is 17.6 Å². The third kappa shape index (κ3) is 3.58. The fourth-order valence-corrected chi connectivity index (χ4v) is 3.00. The molecule has 0 aromatic heterocycles. The number of nitrogens with zero attached hydrogens (tertiary/aromatic N) is 1. The predicted octanol–water partition coefficient (Wildman–Crippen LogP) is 3.29. The molecule has 1 unspecified atom stereocenters. The van der Waals surface area contributed by atoms with Crippen molar-refractivity contribution in [2.75, 3.05) is 20.1 Å². The van der Waals surface area contributed by atoms with Gasteiger partial charge in [-0.3, -0.25) is 4.79 Å². The first-order valence-corrected chi connectivity index (χ1v) is 7.46. The Balaban J connectivity index is 2.35. The van der Waals surface area contributed by atoms with E-state index in [1.807, 2.05) is 0 Å². The normalized spacial score (nSPS) is 19.1. The van der Waals surface area contributed by atoms with Crippen LogP contribution in [0.5, 0.6) is 0 Å². The summed E-state index contributed by atoms with van der Waals surface area (Å²) < 4.78 is 39.7. The highest BCUT2D eigenvalue weighted by molar-refractivity contribution is 9.10. The molecule has 1 amide bonds. The van der Waals surface area contributed by atoms with Crippen LogP contribution in [-0.2, 0) is 6.18 Å². The first kappa shape index (κ1) is 16.3. The molecule has 7 heteroatoms. The summed E-state index contributed by atoms with van der Waals surface area (Å²) in [6.07, 6.45) is -2.92. The van der Waals surface area contributed by atoms with Crippen molar-refractivity contribution in [2.45, 2.75) is 25.1 Å². The van der Waals surface area contributed by atoms with Gasteiger partial charge in [0.2, 0.25) is 0 Å². The molecule has 1 aromatic rings. The number of alkyl halides is 3. The molecular formula is C14H16BrF3N2O. The minimum Gasteiger partial charge on any atom is -0.334 e. The van der Waals surface area contributed by atoms with E-state index in [2.05, 4.69) is 21.2 Å². The van der Waals surface area contributed by atoms with E-state index in [0.717, 1.165) is 18.9 Å². The Bertz CT molecular complexity index is 533. The van der Waals surface area contributed by atoms with Crippen molar-refractivity contribution in [1.82, 2.24) is 10.2 Å². The van der Waals surface area contributed by atoms with Gasteiger partial charge in [-0.05, 0) is 38.1 Å². The molecule has 1 atom stereocenters. The topological polar surface area (TPSA) is 32.3 Å². The lowest BCUT2D eigenvalue weighted by Gasteiger charge is -2.26. The lowest BCUT2D eigenvalue weighted by atomic mass is 10.1. The Kier molecular flexibility index (Phi) is 4.93. The molecule has 3 nitrogen and oxygen atoms in total. The largest absolute Gasteiger partial charge is 0.417 e. The van der Waals surface area contributed by atoms with Crippen LogP contribution in [0.25, 0.3) is 0 Å². The maximum atomic E-state index is 13.1. The second kappa shape index (κ2) is 6.36.